The third-order valence-corrected chi connectivity index (χ3v) is 2.68. The summed E-state index contributed by atoms with van der Waals surface area (Å²) in [5.41, 5.74) is 1.00. The fourth-order valence-corrected chi connectivity index (χ4v) is 1.49. The Kier molecular flexibility index (Phi) is 11.7. The fourth-order valence-electron chi connectivity index (χ4n) is 1.49. The molecular formula is C17H25NO7. The number of hydrogen-bond donors (Lipinski definition) is 5. The smallest absolute Gasteiger partial charge is 0.414 e. The Balaban J connectivity index is 0.000000823. The maximum Gasteiger partial charge on any atom is 0.414 e. The molecule has 1 aromatic rings. The van der Waals surface area contributed by atoms with Crippen LogP contribution in [0.5, 0.6) is 5.75 Å². The molecule has 0 radical (unpaired) electrons. The lowest BCUT2D eigenvalue weighted by Gasteiger charge is -2.15. The Morgan fingerprint density at radius 1 is 1.16 bits per heavy atom. The zero-order valence-corrected chi connectivity index (χ0v) is 14.3. The Morgan fingerprint density at radius 2 is 1.72 bits per heavy atom. The van der Waals surface area contributed by atoms with Crippen molar-refractivity contribution in [2.24, 2.45) is 0 Å². The summed E-state index contributed by atoms with van der Waals surface area (Å²) >= 11 is 0. The van der Waals surface area contributed by atoms with Gasteiger partial charge in [-0.05, 0) is 17.7 Å². The number of aliphatic carboxylic acids is 2. The van der Waals surface area contributed by atoms with Crippen LogP contribution >= 0.6 is 0 Å². The van der Waals surface area contributed by atoms with Gasteiger partial charge in [-0.15, -0.1) is 0 Å². The van der Waals surface area contributed by atoms with Crippen LogP contribution in [0.3, 0.4) is 0 Å². The molecule has 1 rings (SSSR count). The van der Waals surface area contributed by atoms with Crippen molar-refractivity contribution in [2.45, 2.75) is 26.0 Å². The van der Waals surface area contributed by atoms with Gasteiger partial charge in [0.1, 0.15) is 18.5 Å². The SMILES string of the molecule is CC(C)NCC(O)COc1ccc(/C=C/CO)cc1.O=C(O)C(=O)O. The lowest BCUT2D eigenvalue weighted by atomic mass is 10.2. The first-order valence-electron chi connectivity index (χ1n) is 7.64. The second-order valence-corrected chi connectivity index (χ2v) is 5.29. The molecule has 0 aliphatic carbocycles. The number of aliphatic hydroxyl groups is 2. The first-order valence-corrected chi connectivity index (χ1v) is 7.64. The van der Waals surface area contributed by atoms with E-state index < -0.39 is 18.0 Å². The largest absolute Gasteiger partial charge is 0.491 e. The predicted octanol–water partition coefficient (Wildman–Crippen LogP) is 0.585. The maximum absolute atomic E-state index is 9.70. The number of rotatable bonds is 8. The van der Waals surface area contributed by atoms with Crippen LogP contribution in [0.2, 0.25) is 0 Å². The molecule has 0 saturated carbocycles. The molecule has 0 aliphatic rings. The van der Waals surface area contributed by atoms with E-state index in [0.717, 1.165) is 11.3 Å². The van der Waals surface area contributed by atoms with E-state index in [-0.39, 0.29) is 13.2 Å². The molecule has 1 aromatic carbocycles. The molecule has 5 N–H and O–H groups in total. The van der Waals surface area contributed by atoms with Crippen LogP contribution in [0.25, 0.3) is 6.08 Å². The van der Waals surface area contributed by atoms with E-state index in [9.17, 15) is 5.11 Å². The molecule has 0 aliphatic heterocycles. The van der Waals surface area contributed by atoms with Crippen LogP contribution in [0.15, 0.2) is 30.3 Å². The van der Waals surface area contributed by atoms with Gasteiger partial charge in [0.25, 0.3) is 0 Å². The normalized spacial score (nSPS) is 11.7. The van der Waals surface area contributed by atoms with Gasteiger partial charge < -0.3 is 30.5 Å². The number of carbonyl (C=O) groups is 2. The number of nitrogens with one attached hydrogen (secondary N) is 1. The number of hydrogen-bond acceptors (Lipinski definition) is 6. The van der Waals surface area contributed by atoms with E-state index in [4.69, 9.17) is 29.6 Å². The average Bonchev–Trinajstić information content (AvgIpc) is 2.57. The molecule has 1 atom stereocenters. The average molecular weight is 355 g/mol. The summed E-state index contributed by atoms with van der Waals surface area (Å²) in [4.78, 5) is 18.2. The lowest BCUT2D eigenvalue weighted by Crippen LogP contribution is -2.35. The third kappa shape index (κ3) is 12.6. The van der Waals surface area contributed by atoms with Crippen LogP contribution in [-0.2, 0) is 9.59 Å². The maximum atomic E-state index is 9.70. The first kappa shape index (κ1) is 22.6. The Hall–Kier alpha value is -2.42. The number of aliphatic hydroxyl groups excluding tert-OH is 2. The summed E-state index contributed by atoms with van der Waals surface area (Å²) in [6.45, 7) is 4.90. The number of carboxylic acids is 2. The summed E-state index contributed by atoms with van der Waals surface area (Å²) in [6, 6.07) is 7.85. The molecule has 0 saturated heterocycles. The topological polar surface area (TPSA) is 136 Å². The molecule has 140 valence electrons. The number of benzene rings is 1. The number of ether oxygens (including phenoxy) is 1. The molecular weight excluding hydrogens is 330 g/mol. The van der Waals surface area contributed by atoms with E-state index in [1.54, 1.807) is 6.08 Å². The minimum atomic E-state index is -1.82. The molecule has 25 heavy (non-hydrogen) atoms. The molecule has 0 heterocycles. The van der Waals surface area contributed by atoms with Gasteiger partial charge in [0.15, 0.2) is 0 Å². The molecule has 8 heteroatoms. The Bertz CT molecular complexity index is 528. The van der Waals surface area contributed by atoms with E-state index in [0.29, 0.717) is 12.6 Å². The fraction of sp³-hybridized carbons (Fsp3) is 0.412. The van der Waals surface area contributed by atoms with E-state index in [1.165, 1.54) is 0 Å². The van der Waals surface area contributed by atoms with Crippen molar-refractivity contribution >= 4 is 18.0 Å². The van der Waals surface area contributed by atoms with E-state index >= 15 is 0 Å². The minimum Gasteiger partial charge on any atom is -0.491 e. The highest BCUT2D eigenvalue weighted by Crippen LogP contribution is 2.13. The van der Waals surface area contributed by atoms with Crippen molar-refractivity contribution in [3.8, 4) is 5.75 Å². The quantitative estimate of drug-likeness (QED) is 0.427. The second kappa shape index (κ2) is 12.9. The monoisotopic (exact) mass is 355 g/mol. The van der Waals surface area contributed by atoms with Crippen molar-refractivity contribution < 1.29 is 34.8 Å². The third-order valence-electron chi connectivity index (χ3n) is 2.68. The van der Waals surface area contributed by atoms with Gasteiger partial charge in [0.2, 0.25) is 0 Å². The van der Waals surface area contributed by atoms with Gasteiger partial charge in [-0.3, -0.25) is 0 Å². The van der Waals surface area contributed by atoms with Crippen molar-refractivity contribution in [3.63, 3.8) is 0 Å². The van der Waals surface area contributed by atoms with Crippen LogP contribution in [0, 0.1) is 0 Å². The predicted molar refractivity (Wildman–Crippen MR) is 92.5 cm³/mol. The van der Waals surface area contributed by atoms with Crippen molar-refractivity contribution in [1.29, 1.82) is 0 Å². The van der Waals surface area contributed by atoms with Gasteiger partial charge >= 0.3 is 11.9 Å². The Labute approximate surface area is 146 Å². The lowest BCUT2D eigenvalue weighted by molar-refractivity contribution is -0.159. The van der Waals surface area contributed by atoms with E-state index in [2.05, 4.69) is 5.32 Å². The highest BCUT2D eigenvalue weighted by atomic mass is 16.5. The standard InChI is InChI=1S/C15H23NO3.C2H2O4/c1-12(2)16-10-14(18)11-19-15-7-5-13(6-8-15)4-3-9-17;3-1(4)2(5)6/h3-8,12,14,16-18H,9-11H2,1-2H3;(H,3,4)(H,5,6)/b4-3+;. The molecule has 1 unspecified atom stereocenters. The van der Waals surface area contributed by atoms with Crippen molar-refractivity contribution in [3.05, 3.63) is 35.9 Å². The molecule has 0 amide bonds. The summed E-state index contributed by atoms with van der Waals surface area (Å²) in [6.07, 6.45) is 3.00. The summed E-state index contributed by atoms with van der Waals surface area (Å²) in [5.74, 6) is -2.92. The summed E-state index contributed by atoms with van der Waals surface area (Å²) in [5, 5.41) is 36.3. The first-order chi connectivity index (χ1) is 11.8. The summed E-state index contributed by atoms with van der Waals surface area (Å²) in [7, 11) is 0. The van der Waals surface area contributed by atoms with E-state index in [1.807, 2.05) is 44.2 Å². The van der Waals surface area contributed by atoms with Gasteiger partial charge in [-0.25, -0.2) is 9.59 Å². The molecule has 0 bridgehead atoms. The summed E-state index contributed by atoms with van der Waals surface area (Å²) < 4.78 is 5.50. The van der Waals surface area contributed by atoms with Crippen LogP contribution in [0.1, 0.15) is 19.4 Å². The van der Waals surface area contributed by atoms with Crippen LogP contribution < -0.4 is 10.1 Å². The molecule has 0 spiro atoms. The molecule has 8 nitrogen and oxygen atoms in total. The van der Waals surface area contributed by atoms with Crippen LogP contribution in [0.4, 0.5) is 0 Å². The van der Waals surface area contributed by atoms with Gasteiger partial charge in [-0.1, -0.05) is 38.1 Å². The zero-order valence-electron chi connectivity index (χ0n) is 14.3. The van der Waals surface area contributed by atoms with Crippen LogP contribution in [-0.4, -0.2) is 64.3 Å². The molecule has 0 aromatic heterocycles. The Morgan fingerprint density at radius 3 is 2.16 bits per heavy atom. The van der Waals surface area contributed by atoms with Gasteiger partial charge in [0.05, 0.1) is 6.61 Å². The van der Waals surface area contributed by atoms with Crippen molar-refractivity contribution in [1.82, 2.24) is 5.32 Å². The van der Waals surface area contributed by atoms with Gasteiger partial charge in [0, 0.05) is 12.6 Å². The zero-order chi connectivity index (χ0) is 19.2. The number of carboxylic acid groups (broad SMARTS) is 2. The molecule has 0 fully saturated rings. The highest BCUT2D eigenvalue weighted by molar-refractivity contribution is 6.27. The van der Waals surface area contributed by atoms with Gasteiger partial charge in [-0.2, -0.15) is 0 Å². The minimum absolute atomic E-state index is 0.0350. The second-order valence-electron chi connectivity index (χ2n) is 5.29. The van der Waals surface area contributed by atoms with Crippen molar-refractivity contribution in [2.75, 3.05) is 19.8 Å². The highest BCUT2D eigenvalue weighted by Gasteiger charge is 2.06.